The van der Waals surface area contributed by atoms with Gasteiger partial charge in [-0.1, -0.05) is 6.07 Å². The first-order valence-electron chi connectivity index (χ1n) is 4.91. The first-order chi connectivity index (χ1) is 7.37. The Balaban J connectivity index is 2.43. The molecule has 2 rings (SSSR count). The third kappa shape index (κ3) is 1.87. The molecule has 0 aromatic heterocycles. The van der Waals surface area contributed by atoms with E-state index in [0.717, 1.165) is 18.9 Å². The van der Waals surface area contributed by atoms with Crippen LogP contribution >= 0.6 is 0 Å². The predicted molar refractivity (Wildman–Crippen MR) is 53.1 cm³/mol. The Hall–Kier alpha value is -1.23. The summed E-state index contributed by atoms with van der Waals surface area (Å²) in [7, 11) is 1.23. The SMILES string of the molecule is COc1cc(C2(N)CC2)ccc1C(F)(F)F. The predicted octanol–water partition coefficient (Wildman–Crippen LogP) is 2.66. The highest BCUT2D eigenvalue weighted by Gasteiger charge is 2.42. The van der Waals surface area contributed by atoms with Crippen LogP contribution in [0.1, 0.15) is 24.0 Å². The Bertz CT molecular complexity index is 410. The molecule has 2 nitrogen and oxygen atoms in total. The van der Waals surface area contributed by atoms with E-state index in [2.05, 4.69) is 0 Å². The summed E-state index contributed by atoms with van der Waals surface area (Å²) in [6.07, 6.45) is -2.78. The lowest BCUT2D eigenvalue weighted by Gasteiger charge is -2.15. The quantitative estimate of drug-likeness (QED) is 0.849. The molecule has 16 heavy (non-hydrogen) atoms. The minimum absolute atomic E-state index is 0.165. The summed E-state index contributed by atoms with van der Waals surface area (Å²) >= 11 is 0. The molecule has 1 aliphatic rings. The molecule has 1 saturated carbocycles. The number of hydrogen-bond acceptors (Lipinski definition) is 2. The van der Waals surface area contributed by atoms with Crippen molar-refractivity contribution < 1.29 is 17.9 Å². The Labute approximate surface area is 91.2 Å². The fourth-order valence-corrected chi connectivity index (χ4v) is 1.66. The van der Waals surface area contributed by atoms with Gasteiger partial charge in [0, 0.05) is 5.54 Å². The average molecular weight is 231 g/mol. The third-order valence-electron chi connectivity index (χ3n) is 2.87. The van der Waals surface area contributed by atoms with Gasteiger partial charge in [-0.3, -0.25) is 0 Å². The van der Waals surface area contributed by atoms with Gasteiger partial charge in [0.1, 0.15) is 5.75 Å². The Morgan fingerprint density at radius 3 is 2.38 bits per heavy atom. The number of rotatable bonds is 2. The van der Waals surface area contributed by atoms with E-state index < -0.39 is 17.3 Å². The summed E-state index contributed by atoms with van der Waals surface area (Å²) in [5.41, 5.74) is 5.41. The van der Waals surface area contributed by atoms with Gasteiger partial charge in [0.25, 0.3) is 0 Å². The van der Waals surface area contributed by atoms with Crippen molar-refractivity contribution in [2.75, 3.05) is 7.11 Å². The van der Waals surface area contributed by atoms with Gasteiger partial charge in [-0.05, 0) is 30.5 Å². The highest BCUT2D eigenvalue weighted by molar-refractivity contribution is 5.43. The summed E-state index contributed by atoms with van der Waals surface area (Å²) in [4.78, 5) is 0. The normalized spacial score (nSPS) is 18.3. The van der Waals surface area contributed by atoms with Crippen LogP contribution in [0, 0.1) is 0 Å². The zero-order valence-corrected chi connectivity index (χ0v) is 8.77. The molecule has 0 bridgehead atoms. The summed E-state index contributed by atoms with van der Waals surface area (Å²) in [5, 5.41) is 0. The van der Waals surface area contributed by atoms with Gasteiger partial charge in [-0.15, -0.1) is 0 Å². The second kappa shape index (κ2) is 3.38. The third-order valence-corrected chi connectivity index (χ3v) is 2.87. The van der Waals surface area contributed by atoms with Crippen LogP contribution in [0.2, 0.25) is 0 Å². The zero-order valence-electron chi connectivity index (χ0n) is 8.77. The lowest BCUT2D eigenvalue weighted by atomic mass is 10.0. The van der Waals surface area contributed by atoms with E-state index in [1.165, 1.54) is 19.2 Å². The first-order valence-corrected chi connectivity index (χ1v) is 4.91. The van der Waals surface area contributed by atoms with Gasteiger partial charge >= 0.3 is 6.18 Å². The van der Waals surface area contributed by atoms with Crippen LogP contribution in [0.3, 0.4) is 0 Å². The Morgan fingerprint density at radius 2 is 1.94 bits per heavy atom. The standard InChI is InChI=1S/C11H12F3NO/c1-16-9-6-7(10(15)4-5-10)2-3-8(9)11(12,13)14/h2-3,6H,4-5,15H2,1H3. The summed E-state index contributed by atoms with van der Waals surface area (Å²) in [6, 6.07) is 3.84. The largest absolute Gasteiger partial charge is 0.496 e. The maximum atomic E-state index is 12.6. The van der Waals surface area contributed by atoms with Gasteiger partial charge < -0.3 is 10.5 Å². The van der Waals surface area contributed by atoms with Crippen molar-refractivity contribution in [3.05, 3.63) is 29.3 Å². The van der Waals surface area contributed by atoms with E-state index in [1.54, 1.807) is 0 Å². The first kappa shape index (κ1) is 11.3. The molecule has 1 aliphatic carbocycles. The number of methoxy groups -OCH3 is 1. The maximum Gasteiger partial charge on any atom is 0.419 e. The summed E-state index contributed by atoms with van der Waals surface area (Å²) in [6.45, 7) is 0. The molecule has 88 valence electrons. The second-order valence-corrected chi connectivity index (χ2v) is 4.07. The average Bonchev–Trinajstić information content (AvgIpc) is 2.95. The molecule has 0 atom stereocenters. The lowest BCUT2D eigenvalue weighted by molar-refractivity contribution is -0.138. The van der Waals surface area contributed by atoms with Crippen LogP contribution in [0.5, 0.6) is 5.75 Å². The van der Waals surface area contributed by atoms with E-state index in [1.807, 2.05) is 0 Å². The van der Waals surface area contributed by atoms with Crippen LogP contribution in [-0.4, -0.2) is 7.11 Å². The van der Waals surface area contributed by atoms with Crippen molar-refractivity contribution in [1.82, 2.24) is 0 Å². The number of alkyl halides is 3. The molecule has 0 aliphatic heterocycles. The molecule has 0 spiro atoms. The molecule has 1 aromatic carbocycles. The fourth-order valence-electron chi connectivity index (χ4n) is 1.66. The van der Waals surface area contributed by atoms with E-state index in [9.17, 15) is 13.2 Å². The van der Waals surface area contributed by atoms with Crippen molar-refractivity contribution >= 4 is 0 Å². The molecule has 0 saturated heterocycles. The van der Waals surface area contributed by atoms with E-state index >= 15 is 0 Å². The second-order valence-electron chi connectivity index (χ2n) is 4.07. The molecular weight excluding hydrogens is 219 g/mol. The molecule has 0 amide bonds. The van der Waals surface area contributed by atoms with E-state index in [0.29, 0.717) is 5.56 Å². The van der Waals surface area contributed by atoms with Gasteiger partial charge in [0.2, 0.25) is 0 Å². The summed E-state index contributed by atoms with van der Waals surface area (Å²) in [5.74, 6) is -0.165. The van der Waals surface area contributed by atoms with Crippen LogP contribution in [-0.2, 0) is 11.7 Å². The lowest BCUT2D eigenvalue weighted by Crippen LogP contribution is -2.19. The van der Waals surface area contributed by atoms with Crippen molar-refractivity contribution in [3.63, 3.8) is 0 Å². The summed E-state index contributed by atoms with van der Waals surface area (Å²) < 4.78 is 42.5. The molecule has 0 unspecified atom stereocenters. The maximum absolute atomic E-state index is 12.6. The van der Waals surface area contributed by atoms with Crippen LogP contribution in [0.4, 0.5) is 13.2 Å². The molecular formula is C11H12F3NO. The van der Waals surface area contributed by atoms with E-state index in [4.69, 9.17) is 10.5 Å². The number of halogens is 3. The topological polar surface area (TPSA) is 35.2 Å². The number of benzene rings is 1. The van der Waals surface area contributed by atoms with Crippen molar-refractivity contribution in [2.45, 2.75) is 24.6 Å². The van der Waals surface area contributed by atoms with Gasteiger partial charge in [0.15, 0.2) is 0 Å². The Kier molecular flexibility index (Phi) is 2.38. The monoisotopic (exact) mass is 231 g/mol. The van der Waals surface area contributed by atoms with Gasteiger partial charge in [0.05, 0.1) is 12.7 Å². The number of ether oxygens (including phenoxy) is 1. The molecule has 0 heterocycles. The fraction of sp³-hybridized carbons (Fsp3) is 0.455. The molecule has 2 N–H and O–H groups in total. The van der Waals surface area contributed by atoms with Crippen LogP contribution < -0.4 is 10.5 Å². The van der Waals surface area contributed by atoms with Crippen molar-refractivity contribution in [1.29, 1.82) is 0 Å². The van der Waals surface area contributed by atoms with Crippen LogP contribution in [0.25, 0.3) is 0 Å². The van der Waals surface area contributed by atoms with Crippen molar-refractivity contribution in [2.24, 2.45) is 5.73 Å². The zero-order chi connectivity index (χ0) is 12.0. The van der Waals surface area contributed by atoms with Gasteiger partial charge in [-0.2, -0.15) is 13.2 Å². The molecule has 1 fully saturated rings. The highest BCUT2D eigenvalue weighted by Crippen LogP contribution is 2.45. The number of hydrogen-bond donors (Lipinski definition) is 1. The smallest absolute Gasteiger partial charge is 0.419 e. The van der Waals surface area contributed by atoms with E-state index in [-0.39, 0.29) is 5.75 Å². The highest BCUT2D eigenvalue weighted by atomic mass is 19.4. The van der Waals surface area contributed by atoms with Crippen molar-refractivity contribution in [3.8, 4) is 5.75 Å². The van der Waals surface area contributed by atoms with Gasteiger partial charge in [-0.25, -0.2) is 0 Å². The number of nitrogens with two attached hydrogens (primary N) is 1. The van der Waals surface area contributed by atoms with Crippen LogP contribution in [0.15, 0.2) is 18.2 Å². The molecule has 5 heteroatoms. The minimum atomic E-state index is -4.39. The molecule has 0 radical (unpaired) electrons. The molecule has 1 aromatic rings. The Morgan fingerprint density at radius 1 is 1.31 bits per heavy atom. The minimum Gasteiger partial charge on any atom is -0.496 e.